The number of aryl methyl sites for hydroxylation is 2. The minimum atomic E-state index is -0.566. The van der Waals surface area contributed by atoms with Crippen molar-refractivity contribution in [2.45, 2.75) is 33.3 Å². The molecule has 1 amide bonds. The molecule has 23 heavy (non-hydrogen) atoms. The first-order valence-corrected chi connectivity index (χ1v) is 7.72. The largest absolute Gasteiger partial charge is 0.481 e. The van der Waals surface area contributed by atoms with Gasteiger partial charge in [0.25, 0.3) is 5.91 Å². The van der Waals surface area contributed by atoms with Gasteiger partial charge >= 0.3 is 0 Å². The van der Waals surface area contributed by atoms with Crippen LogP contribution in [-0.2, 0) is 11.2 Å². The highest BCUT2D eigenvalue weighted by molar-refractivity contribution is 5.80. The van der Waals surface area contributed by atoms with Crippen molar-refractivity contribution in [3.63, 3.8) is 0 Å². The fraction of sp³-hybridized carbons (Fsp3) is 0.316. The highest BCUT2D eigenvalue weighted by Crippen LogP contribution is 2.20. The van der Waals surface area contributed by atoms with Crippen molar-refractivity contribution in [3.05, 3.63) is 65.0 Å². The summed E-state index contributed by atoms with van der Waals surface area (Å²) in [6, 6.07) is 12.2. The Balaban J connectivity index is 1.83. The molecule has 3 nitrogen and oxygen atoms in total. The Hall–Kier alpha value is -2.36. The van der Waals surface area contributed by atoms with Crippen molar-refractivity contribution in [2.24, 2.45) is 0 Å². The Morgan fingerprint density at radius 1 is 1.17 bits per heavy atom. The number of benzene rings is 2. The molecular weight excluding hydrogens is 293 g/mol. The molecule has 0 saturated carbocycles. The molecule has 0 aliphatic heterocycles. The lowest BCUT2D eigenvalue weighted by atomic mass is 10.1. The van der Waals surface area contributed by atoms with Gasteiger partial charge < -0.3 is 10.1 Å². The zero-order chi connectivity index (χ0) is 16.8. The second kappa shape index (κ2) is 7.77. The van der Waals surface area contributed by atoms with Crippen LogP contribution < -0.4 is 10.1 Å². The number of carbonyl (C=O) groups is 1. The van der Waals surface area contributed by atoms with Gasteiger partial charge in [0, 0.05) is 6.54 Å². The van der Waals surface area contributed by atoms with Gasteiger partial charge in [-0.05, 0) is 62.1 Å². The molecule has 0 saturated heterocycles. The van der Waals surface area contributed by atoms with E-state index in [0.717, 1.165) is 22.4 Å². The summed E-state index contributed by atoms with van der Waals surface area (Å²) >= 11 is 0. The number of carbonyl (C=O) groups excluding carboxylic acids is 1. The van der Waals surface area contributed by atoms with Crippen molar-refractivity contribution in [3.8, 4) is 5.75 Å². The molecule has 122 valence electrons. The van der Waals surface area contributed by atoms with Crippen LogP contribution in [0.15, 0.2) is 42.5 Å². The smallest absolute Gasteiger partial charge is 0.260 e. The summed E-state index contributed by atoms with van der Waals surface area (Å²) in [7, 11) is 0. The molecule has 2 rings (SSSR count). The minimum absolute atomic E-state index is 0.159. The van der Waals surface area contributed by atoms with Crippen LogP contribution in [0.25, 0.3) is 0 Å². The molecule has 0 aliphatic carbocycles. The van der Waals surface area contributed by atoms with Crippen molar-refractivity contribution >= 4 is 5.91 Å². The average molecular weight is 315 g/mol. The highest BCUT2D eigenvalue weighted by atomic mass is 19.1. The maximum Gasteiger partial charge on any atom is 0.260 e. The monoisotopic (exact) mass is 315 g/mol. The molecule has 1 N–H and O–H groups in total. The molecule has 0 aromatic heterocycles. The van der Waals surface area contributed by atoms with Crippen LogP contribution in [0.3, 0.4) is 0 Å². The third-order valence-electron chi connectivity index (χ3n) is 3.64. The van der Waals surface area contributed by atoms with Crippen LogP contribution in [0.5, 0.6) is 5.75 Å². The summed E-state index contributed by atoms with van der Waals surface area (Å²) in [5, 5.41) is 2.84. The molecule has 1 atom stereocenters. The third kappa shape index (κ3) is 5.09. The van der Waals surface area contributed by atoms with Crippen LogP contribution in [0.2, 0.25) is 0 Å². The Kier molecular flexibility index (Phi) is 5.74. The van der Waals surface area contributed by atoms with Crippen LogP contribution in [0.4, 0.5) is 4.39 Å². The minimum Gasteiger partial charge on any atom is -0.481 e. The van der Waals surface area contributed by atoms with Gasteiger partial charge in [0.1, 0.15) is 11.6 Å². The van der Waals surface area contributed by atoms with Gasteiger partial charge in [0.05, 0.1) is 0 Å². The summed E-state index contributed by atoms with van der Waals surface area (Å²) in [6.45, 7) is 6.16. The van der Waals surface area contributed by atoms with Gasteiger partial charge in [-0.2, -0.15) is 0 Å². The number of hydrogen-bond donors (Lipinski definition) is 1. The van der Waals surface area contributed by atoms with Gasteiger partial charge in [-0.3, -0.25) is 4.79 Å². The number of halogens is 1. The number of amides is 1. The number of ether oxygens (including phenoxy) is 1. The Morgan fingerprint density at radius 3 is 2.57 bits per heavy atom. The van der Waals surface area contributed by atoms with Crippen molar-refractivity contribution in [1.82, 2.24) is 5.32 Å². The Bertz CT molecular complexity index is 668. The predicted octanol–water partition coefficient (Wildman–Crippen LogP) is 3.57. The summed E-state index contributed by atoms with van der Waals surface area (Å²) in [5.74, 6) is 0.313. The van der Waals surface area contributed by atoms with Gasteiger partial charge in [0.2, 0.25) is 0 Å². The van der Waals surface area contributed by atoms with Crippen LogP contribution in [-0.4, -0.2) is 18.6 Å². The van der Waals surface area contributed by atoms with E-state index in [4.69, 9.17) is 4.74 Å². The molecule has 0 aliphatic rings. The maximum absolute atomic E-state index is 12.8. The topological polar surface area (TPSA) is 38.3 Å². The number of hydrogen-bond acceptors (Lipinski definition) is 2. The first-order valence-electron chi connectivity index (χ1n) is 7.72. The third-order valence-corrected chi connectivity index (χ3v) is 3.64. The first-order chi connectivity index (χ1) is 11.0. The zero-order valence-corrected chi connectivity index (χ0v) is 13.7. The fourth-order valence-corrected chi connectivity index (χ4v) is 2.20. The Morgan fingerprint density at radius 2 is 1.87 bits per heavy atom. The van der Waals surface area contributed by atoms with E-state index in [9.17, 15) is 9.18 Å². The van der Waals surface area contributed by atoms with Crippen molar-refractivity contribution < 1.29 is 13.9 Å². The molecule has 2 aromatic rings. The lowest BCUT2D eigenvalue weighted by molar-refractivity contribution is -0.127. The second-order valence-electron chi connectivity index (χ2n) is 5.70. The lowest BCUT2D eigenvalue weighted by Crippen LogP contribution is -2.37. The van der Waals surface area contributed by atoms with E-state index in [1.165, 1.54) is 12.1 Å². The summed E-state index contributed by atoms with van der Waals surface area (Å²) in [5.41, 5.74) is 3.07. The standard InChI is InChI=1S/C19H22FNO2/c1-13-4-5-14(2)18(12-13)23-15(3)19(22)21-11-10-16-6-8-17(20)9-7-16/h4-9,12,15H,10-11H2,1-3H3,(H,21,22)/t15-/m0/s1. The van der Waals surface area contributed by atoms with Crippen LogP contribution in [0.1, 0.15) is 23.6 Å². The number of nitrogens with one attached hydrogen (secondary N) is 1. The molecule has 4 heteroatoms. The zero-order valence-electron chi connectivity index (χ0n) is 13.7. The molecule has 0 heterocycles. The molecule has 0 spiro atoms. The van der Waals surface area contributed by atoms with Crippen molar-refractivity contribution in [1.29, 1.82) is 0 Å². The summed E-state index contributed by atoms with van der Waals surface area (Å²) in [6.07, 6.45) is 0.0890. The lowest BCUT2D eigenvalue weighted by Gasteiger charge is -2.16. The van der Waals surface area contributed by atoms with Gasteiger partial charge in [-0.1, -0.05) is 24.3 Å². The summed E-state index contributed by atoms with van der Waals surface area (Å²) in [4.78, 5) is 12.1. The normalized spacial score (nSPS) is 11.8. The van der Waals surface area contributed by atoms with Gasteiger partial charge in [0.15, 0.2) is 6.10 Å². The van der Waals surface area contributed by atoms with E-state index in [1.807, 2.05) is 32.0 Å². The average Bonchev–Trinajstić information content (AvgIpc) is 2.52. The van der Waals surface area contributed by atoms with Crippen LogP contribution >= 0.6 is 0 Å². The summed E-state index contributed by atoms with van der Waals surface area (Å²) < 4.78 is 18.6. The van der Waals surface area contributed by atoms with Crippen LogP contribution in [0, 0.1) is 19.7 Å². The first kappa shape index (κ1) is 17.0. The van der Waals surface area contributed by atoms with E-state index in [-0.39, 0.29) is 11.7 Å². The van der Waals surface area contributed by atoms with Crippen molar-refractivity contribution in [2.75, 3.05) is 6.54 Å². The molecule has 0 radical (unpaired) electrons. The quantitative estimate of drug-likeness (QED) is 0.885. The highest BCUT2D eigenvalue weighted by Gasteiger charge is 2.15. The van der Waals surface area contributed by atoms with E-state index < -0.39 is 6.10 Å². The molecule has 0 bridgehead atoms. The molecular formula is C19H22FNO2. The molecule has 0 unspecified atom stereocenters. The molecule has 0 fully saturated rings. The van der Waals surface area contributed by atoms with E-state index in [2.05, 4.69) is 5.32 Å². The molecule has 2 aromatic carbocycles. The van der Waals surface area contributed by atoms with E-state index in [0.29, 0.717) is 13.0 Å². The SMILES string of the molecule is Cc1ccc(C)c(O[C@@H](C)C(=O)NCCc2ccc(F)cc2)c1. The van der Waals surface area contributed by atoms with E-state index in [1.54, 1.807) is 19.1 Å². The van der Waals surface area contributed by atoms with E-state index >= 15 is 0 Å². The fourth-order valence-electron chi connectivity index (χ4n) is 2.20. The second-order valence-corrected chi connectivity index (χ2v) is 5.70. The predicted molar refractivity (Wildman–Crippen MR) is 89.1 cm³/mol. The number of rotatable bonds is 6. The maximum atomic E-state index is 12.8. The Labute approximate surface area is 136 Å². The van der Waals surface area contributed by atoms with Gasteiger partial charge in [-0.25, -0.2) is 4.39 Å². The van der Waals surface area contributed by atoms with Gasteiger partial charge in [-0.15, -0.1) is 0 Å².